The second-order valence-electron chi connectivity index (χ2n) is 7.11. The van der Waals surface area contributed by atoms with E-state index in [0.717, 1.165) is 21.5 Å². The van der Waals surface area contributed by atoms with Crippen LogP contribution in [0.1, 0.15) is 20.8 Å². The Kier molecular flexibility index (Phi) is 3.78. The van der Waals surface area contributed by atoms with Gasteiger partial charge in [0.05, 0.1) is 22.8 Å². The molecule has 3 nitrogen and oxygen atoms in total. The fourth-order valence-electron chi connectivity index (χ4n) is 3.30. The first-order valence-corrected chi connectivity index (χ1v) is 9.33. The van der Waals surface area contributed by atoms with Crippen molar-refractivity contribution in [1.29, 1.82) is 0 Å². The summed E-state index contributed by atoms with van der Waals surface area (Å²) in [4.78, 5) is 4.35. The number of benzene rings is 2. The molecule has 128 valence electrons. The topological polar surface area (TPSA) is 27.1 Å². The Morgan fingerprint density at radius 2 is 1.88 bits per heavy atom. The number of ether oxygens (including phenoxy) is 1. The zero-order valence-corrected chi connectivity index (χ0v) is 16.2. The summed E-state index contributed by atoms with van der Waals surface area (Å²) in [5.41, 5.74) is 4.40. The van der Waals surface area contributed by atoms with Crippen LogP contribution < -0.4 is 4.74 Å². The van der Waals surface area contributed by atoms with Crippen LogP contribution in [0.5, 0.6) is 5.75 Å². The summed E-state index contributed by atoms with van der Waals surface area (Å²) in [6.07, 6.45) is 0. The zero-order chi connectivity index (χ0) is 17.8. The van der Waals surface area contributed by atoms with E-state index in [-0.39, 0.29) is 5.54 Å². The first-order chi connectivity index (χ1) is 11.9. The van der Waals surface area contributed by atoms with Crippen molar-refractivity contribution in [3.8, 4) is 17.0 Å². The lowest BCUT2D eigenvalue weighted by Gasteiger charge is -2.26. The lowest BCUT2D eigenvalue weighted by Crippen LogP contribution is -2.22. The monoisotopic (exact) mass is 370 g/mol. The van der Waals surface area contributed by atoms with Crippen LogP contribution in [0, 0.1) is 0 Å². The van der Waals surface area contributed by atoms with Crippen molar-refractivity contribution in [2.24, 2.45) is 0 Å². The van der Waals surface area contributed by atoms with Gasteiger partial charge in [-0.1, -0.05) is 17.7 Å². The Labute approximate surface area is 155 Å². The molecule has 0 aliphatic carbocycles. The predicted octanol–water partition coefficient (Wildman–Crippen LogP) is 6.34. The van der Waals surface area contributed by atoms with Crippen molar-refractivity contribution in [2.45, 2.75) is 26.3 Å². The molecule has 2 heterocycles. The number of methoxy groups -OCH3 is 1. The second-order valence-corrected chi connectivity index (χ2v) is 8.72. The molecule has 0 saturated heterocycles. The maximum atomic E-state index is 6.07. The second kappa shape index (κ2) is 5.75. The SMILES string of the molecule is COc1ccc2cc(-c3ccc4nc(Cl)sc4c3)n(C(C)(C)C)c2c1. The lowest BCUT2D eigenvalue weighted by atomic mass is 10.1. The number of halogens is 1. The molecule has 2 aromatic carbocycles. The molecule has 0 saturated carbocycles. The smallest absolute Gasteiger partial charge is 0.184 e. The number of hydrogen-bond acceptors (Lipinski definition) is 3. The molecule has 0 radical (unpaired) electrons. The van der Waals surface area contributed by atoms with Gasteiger partial charge in [-0.2, -0.15) is 0 Å². The summed E-state index contributed by atoms with van der Waals surface area (Å²) in [5.74, 6) is 0.868. The van der Waals surface area contributed by atoms with Crippen molar-refractivity contribution in [3.63, 3.8) is 0 Å². The van der Waals surface area contributed by atoms with Gasteiger partial charge in [0.1, 0.15) is 5.75 Å². The molecule has 25 heavy (non-hydrogen) atoms. The first-order valence-electron chi connectivity index (χ1n) is 8.13. The number of rotatable bonds is 2. The summed E-state index contributed by atoms with van der Waals surface area (Å²) in [7, 11) is 1.70. The maximum Gasteiger partial charge on any atom is 0.184 e. The molecule has 0 fully saturated rings. The lowest BCUT2D eigenvalue weighted by molar-refractivity contribution is 0.408. The third-order valence-electron chi connectivity index (χ3n) is 4.34. The molecule has 0 aliphatic heterocycles. The average molecular weight is 371 g/mol. The van der Waals surface area contributed by atoms with Gasteiger partial charge in [-0.05, 0) is 56.7 Å². The molecule has 0 unspecified atom stereocenters. The molecule has 4 rings (SSSR count). The fourth-order valence-corrected chi connectivity index (χ4v) is 4.37. The van der Waals surface area contributed by atoms with Crippen LogP contribution in [-0.4, -0.2) is 16.7 Å². The third-order valence-corrected chi connectivity index (χ3v) is 5.46. The number of fused-ring (bicyclic) bond motifs is 2. The molecule has 4 aromatic rings. The van der Waals surface area contributed by atoms with Gasteiger partial charge in [0.15, 0.2) is 4.47 Å². The summed E-state index contributed by atoms with van der Waals surface area (Å²) >= 11 is 7.58. The minimum Gasteiger partial charge on any atom is -0.497 e. The summed E-state index contributed by atoms with van der Waals surface area (Å²) in [5, 5.41) is 1.20. The fraction of sp³-hybridized carbons (Fsp3) is 0.250. The Balaban J connectivity index is 2.01. The number of nitrogens with zero attached hydrogens (tertiary/aromatic N) is 2. The van der Waals surface area contributed by atoms with Crippen molar-refractivity contribution in [3.05, 3.63) is 46.9 Å². The van der Waals surface area contributed by atoms with Crippen LogP contribution in [0.15, 0.2) is 42.5 Å². The van der Waals surface area contributed by atoms with Gasteiger partial charge in [-0.3, -0.25) is 0 Å². The molecular weight excluding hydrogens is 352 g/mol. The Morgan fingerprint density at radius 3 is 2.60 bits per heavy atom. The van der Waals surface area contributed by atoms with E-state index in [2.05, 4.69) is 60.7 Å². The molecule has 5 heteroatoms. The Morgan fingerprint density at radius 1 is 1.08 bits per heavy atom. The molecule has 0 aliphatic rings. The van der Waals surface area contributed by atoms with E-state index >= 15 is 0 Å². The van der Waals surface area contributed by atoms with Crippen LogP contribution in [0.4, 0.5) is 0 Å². The molecule has 0 atom stereocenters. The van der Waals surface area contributed by atoms with E-state index in [1.165, 1.54) is 27.9 Å². The van der Waals surface area contributed by atoms with Gasteiger partial charge in [0.2, 0.25) is 0 Å². The van der Waals surface area contributed by atoms with Crippen molar-refractivity contribution < 1.29 is 4.74 Å². The summed E-state index contributed by atoms with van der Waals surface area (Å²) < 4.78 is 9.48. The van der Waals surface area contributed by atoms with Crippen LogP contribution >= 0.6 is 22.9 Å². The van der Waals surface area contributed by atoms with Crippen molar-refractivity contribution in [1.82, 2.24) is 9.55 Å². The van der Waals surface area contributed by atoms with Gasteiger partial charge < -0.3 is 9.30 Å². The molecule has 0 spiro atoms. The predicted molar refractivity (Wildman–Crippen MR) is 107 cm³/mol. The van der Waals surface area contributed by atoms with Crippen LogP contribution in [0.3, 0.4) is 0 Å². The van der Waals surface area contributed by atoms with E-state index in [4.69, 9.17) is 16.3 Å². The number of hydrogen-bond donors (Lipinski definition) is 0. The van der Waals surface area contributed by atoms with Crippen LogP contribution in [0.2, 0.25) is 4.47 Å². The highest BCUT2D eigenvalue weighted by Crippen LogP contribution is 2.37. The third kappa shape index (κ3) is 2.79. The zero-order valence-electron chi connectivity index (χ0n) is 14.6. The van der Waals surface area contributed by atoms with Crippen molar-refractivity contribution in [2.75, 3.05) is 7.11 Å². The van der Waals surface area contributed by atoms with E-state index in [9.17, 15) is 0 Å². The average Bonchev–Trinajstić information content (AvgIpc) is 3.11. The minimum absolute atomic E-state index is 0.0657. The van der Waals surface area contributed by atoms with Gasteiger partial charge in [-0.15, -0.1) is 11.3 Å². The molecular formula is C20H19ClN2OS. The Bertz CT molecular complexity index is 1090. The summed E-state index contributed by atoms with van der Waals surface area (Å²) in [6.45, 7) is 6.66. The molecule has 0 amide bonds. The van der Waals surface area contributed by atoms with E-state index in [1.54, 1.807) is 7.11 Å². The standard InChI is InChI=1S/C20H19ClN2OS/c1-20(2,3)23-16(9-12-5-7-14(24-4)11-17(12)23)13-6-8-15-18(10-13)25-19(21)22-15/h5-11H,1-4H3. The highest BCUT2D eigenvalue weighted by atomic mass is 35.5. The Hall–Kier alpha value is -2.04. The molecule has 2 aromatic heterocycles. The molecule has 0 bridgehead atoms. The highest BCUT2D eigenvalue weighted by molar-refractivity contribution is 7.22. The van der Waals surface area contributed by atoms with Gasteiger partial charge in [-0.25, -0.2) is 4.98 Å². The number of aromatic nitrogens is 2. The molecule has 0 N–H and O–H groups in total. The maximum absolute atomic E-state index is 6.07. The van der Waals surface area contributed by atoms with Gasteiger partial charge >= 0.3 is 0 Å². The van der Waals surface area contributed by atoms with E-state index in [1.807, 2.05) is 12.1 Å². The van der Waals surface area contributed by atoms with Gasteiger partial charge in [0, 0.05) is 22.7 Å². The highest BCUT2D eigenvalue weighted by Gasteiger charge is 2.21. The normalized spacial score (nSPS) is 12.2. The van der Waals surface area contributed by atoms with Crippen LogP contribution in [0.25, 0.3) is 32.4 Å². The van der Waals surface area contributed by atoms with Crippen molar-refractivity contribution >= 4 is 44.1 Å². The minimum atomic E-state index is -0.0657. The first kappa shape index (κ1) is 16.4. The number of thiazole rings is 1. The summed E-state index contributed by atoms with van der Waals surface area (Å²) in [6, 6.07) is 14.8. The largest absolute Gasteiger partial charge is 0.497 e. The van der Waals surface area contributed by atoms with E-state index in [0.29, 0.717) is 4.47 Å². The quantitative estimate of drug-likeness (QED) is 0.412. The van der Waals surface area contributed by atoms with Gasteiger partial charge in [0.25, 0.3) is 0 Å². The van der Waals surface area contributed by atoms with E-state index < -0.39 is 0 Å². The van der Waals surface area contributed by atoms with Crippen LogP contribution in [-0.2, 0) is 5.54 Å².